The summed E-state index contributed by atoms with van der Waals surface area (Å²) in [5.41, 5.74) is 1.14. The Hall–Kier alpha value is -1.29. The van der Waals surface area contributed by atoms with E-state index in [9.17, 15) is 4.79 Å². The Morgan fingerprint density at radius 1 is 1.19 bits per heavy atom. The Morgan fingerprint density at radius 2 is 1.86 bits per heavy atom. The number of hydrogen-bond donors (Lipinski definition) is 0. The van der Waals surface area contributed by atoms with E-state index in [1.807, 2.05) is 28.0 Å². The molecule has 4 heteroatoms. The molecule has 0 bridgehead atoms. The zero-order valence-corrected chi connectivity index (χ0v) is 14.7. The lowest BCUT2D eigenvalue weighted by molar-refractivity contribution is 0.171. The Morgan fingerprint density at radius 3 is 2.43 bits per heavy atom. The van der Waals surface area contributed by atoms with Gasteiger partial charge in [0.1, 0.15) is 0 Å². The van der Waals surface area contributed by atoms with Crippen LogP contribution in [0.1, 0.15) is 33.3 Å². The highest BCUT2D eigenvalue weighted by atomic mass is 79.9. The van der Waals surface area contributed by atoms with Crippen LogP contribution in [-0.2, 0) is 0 Å². The van der Waals surface area contributed by atoms with Crippen molar-refractivity contribution < 1.29 is 4.79 Å². The molecule has 0 saturated carbocycles. The van der Waals surface area contributed by atoms with Crippen molar-refractivity contribution in [3.63, 3.8) is 0 Å². The molecule has 0 aliphatic carbocycles. The van der Waals surface area contributed by atoms with E-state index in [2.05, 4.69) is 61.8 Å². The van der Waals surface area contributed by atoms with Gasteiger partial charge in [0.2, 0.25) is 0 Å². The van der Waals surface area contributed by atoms with Crippen molar-refractivity contribution in [2.45, 2.75) is 45.8 Å². The van der Waals surface area contributed by atoms with Crippen LogP contribution in [0.5, 0.6) is 0 Å². The van der Waals surface area contributed by atoms with Gasteiger partial charge in [-0.15, -0.1) is 0 Å². The number of benzene rings is 1. The normalized spacial score (nSPS) is 19.6. The number of carbonyl (C=O) groups is 1. The molecule has 1 aromatic rings. The lowest BCUT2D eigenvalue weighted by atomic mass is 10.1. The molecule has 0 unspecified atom stereocenters. The molecule has 114 valence electrons. The molecular weight excluding hydrogens is 328 g/mol. The number of nitrogens with zero attached hydrogens (tertiary/aromatic N) is 2. The minimum Gasteiger partial charge on any atom is -0.320 e. The number of halogens is 1. The maximum atomic E-state index is 12.5. The molecule has 0 aromatic heterocycles. The average molecular weight is 351 g/mol. The summed E-state index contributed by atoms with van der Waals surface area (Å²) in [6.07, 6.45) is 4.24. The Labute approximate surface area is 135 Å². The third-order valence-corrected chi connectivity index (χ3v) is 4.51. The smallest absolute Gasteiger partial charge is 0.320 e. The van der Waals surface area contributed by atoms with Crippen LogP contribution in [0.25, 0.3) is 6.08 Å². The van der Waals surface area contributed by atoms with Gasteiger partial charge >= 0.3 is 6.03 Å². The minimum atomic E-state index is 0.131. The summed E-state index contributed by atoms with van der Waals surface area (Å²) in [4.78, 5) is 16.4. The topological polar surface area (TPSA) is 23.6 Å². The van der Waals surface area contributed by atoms with E-state index in [1.165, 1.54) is 0 Å². The van der Waals surface area contributed by atoms with Crippen molar-refractivity contribution in [3.05, 3.63) is 40.4 Å². The minimum absolute atomic E-state index is 0.131. The van der Waals surface area contributed by atoms with Crippen LogP contribution in [0.15, 0.2) is 34.8 Å². The lowest BCUT2D eigenvalue weighted by Crippen LogP contribution is -2.40. The van der Waals surface area contributed by atoms with Gasteiger partial charge in [-0.3, -0.25) is 0 Å². The number of hydrogen-bond acceptors (Lipinski definition) is 1. The second-order valence-corrected chi connectivity index (χ2v) is 6.83. The Balaban J connectivity index is 2.22. The predicted molar refractivity (Wildman–Crippen MR) is 91.2 cm³/mol. The number of amides is 2. The zero-order chi connectivity index (χ0) is 15.6. The molecule has 1 aliphatic heterocycles. The second kappa shape index (κ2) is 6.65. The van der Waals surface area contributed by atoms with Crippen LogP contribution in [0.4, 0.5) is 4.79 Å². The third-order valence-electron chi connectivity index (χ3n) is 3.79. The summed E-state index contributed by atoms with van der Waals surface area (Å²) in [7, 11) is 0. The van der Waals surface area contributed by atoms with Gasteiger partial charge in [0.15, 0.2) is 0 Å². The Bertz CT molecular complexity index is 539. The lowest BCUT2D eigenvalue weighted by Gasteiger charge is -2.26. The van der Waals surface area contributed by atoms with E-state index in [0.717, 1.165) is 16.6 Å². The van der Waals surface area contributed by atoms with Crippen LogP contribution >= 0.6 is 15.9 Å². The molecule has 2 rings (SSSR count). The average Bonchev–Trinajstić information content (AvgIpc) is 2.75. The number of carbonyl (C=O) groups excluding carboxylic acids is 1. The van der Waals surface area contributed by atoms with Gasteiger partial charge in [-0.05, 0) is 39.3 Å². The van der Waals surface area contributed by atoms with Crippen molar-refractivity contribution >= 4 is 28.0 Å². The first kappa shape index (κ1) is 16.1. The Kier molecular flexibility index (Phi) is 5.09. The maximum Gasteiger partial charge on any atom is 0.321 e. The van der Waals surface area contributed by atoms with E-state index < -0.39 is 0 Å². The highest BCUT2D eigenvalue weighted by molar-refractivity contribution is 9.10. The highest BCUT2D eigenvalue weighted by Crippen LogP contribution is 2.24. The third kappa shape index (κ3) is 3.49. The standard InChI is InChI=1S/C17H23BrN2O/c1-12(2)19-11-15(20(13(3)4)17(19)21)10-9-14-7-5-6-8-16(14)18/h5-10,12-13,15H,11H2,1-4H3/b10-9+/t15-/m1/s1. The summed E-state index contributed by atoms with van der Waals surface area (Å²) in [6, 6.07) is 8.83. The molecule has 2 amide bonds. The fourth-order valence-electron chi connectivity index (χ4n) is 2.67. The summed E-state index contributed by atoms with van der Waals surface area (Å²) in [6.45, 7) is 9.03. The first-order valence-corrected chi connectivity index (χ1v) is 8.22. The van der Waals surface area contributed by atoms with E-state index in [0.29, 0.717) is 0 Å². The van der Waals surface area contributed by atoms with Gasteiger partial charge in [0.05, 0.1) is 6.04 Å². The largest absolute Gasteiger partial charge is 0.321 e. The van der Waals surface area contributed by atoms with Crippen molar-refractivity contribution in [3.8, 4) is 0 Å². The van der Waals surface area contributed by atoms with E-state index in [4.69, 9.17) is 0 Å². The fourth-order valence-corrected chi connectivity index (χ4v) is 3.09. The summed E-state index contributed by atoms with van der Waals surface area (Å²) in [5, 5.41) is 0. The van der Waals surface area contributed by atoms with Crippen LogP contribution < -0.4 is 0 Å². The molecular formula is C17H23BrN2O. The van der Waals surface area contributed by atoms with Gasteiger partial charge in [-0.25, -0.2) is 4.79 Å². The predicted octanol–water partition coefficient (Wildman–Crippen LogP) is 4.39. The maximum absolute atomic E-state index is 12.5. The summed E-state index contributed by atoms with van der Waals surface area (Å²) < 4.78 is 1.07. The van der Waals surface area contributed by atoms with Crippen molar-refractivity contribution in [2.24, 2.45) is 0 Å². The van der Waals surface area contributed by atoms with Crippen molar-refractivity contribution in [1.29, 1.82) is 0 Å². The second-order valence-electron chi connectivity index (χ2n) is 5.98. The molecule has 1 heterocycles. The van der Waals surface area contributed by atoms with Gasteiger partial charge in [-0.1, -0.05) is 46.3 Å². The van der Waals surface area contributed by atoms with E-state index in [-0.39, 0.29) is 24.2 Å². The molecule has 1 atom stereocenters. The fraction of sp³-hybridized carbons (Fsp3) is 0.471. The molecule has 1 fully saturated rings. The van der Waals surface area contributed by atoms with Gasteiger partial charge in [0, 0.05) is 23.1 Å². The zero-order valence-electron chi connectivity index (χ0n) is 13.1. The van der Waals surface area contributed by atoms with Gasteiger partial charge in [0.25, 0.3) is 0 Å². The van der Waals surface area contributed by atoms with E-state index in [1.54, 1.807) is 0 Å². The van der Waals surface area contributed by atoms with Crippen molar-refractivity contribution in [1.82, 2.24) is 9.80 Å². The van der Waals surface area contributed by atoms with Gasteiger partial charge in [-0.2, -0.15) is 0 Å². The molecule has 1 aromatic carbocycles. The van der Waals surface area contributed by atoms with E-state index >= 15 is 0 Å². The van der Waals surface area contributed by atoms with Crippen molar-refractivity contribution in [2.75, 3.05) is 6.54 Å². The first-order valence-electron chi connectivity index (χ1n) is 7.43. The monoisotopic (exact) mass is 350 g/mol. The van der Waals surface area contributed by atoms with Gasteiger partial charge < -0.3 is 9.80 Å². The summed E-state index contributed by atoms with van der Waals surface area (Å²) >= 11 is 3.55. The molecule has 0 N–H and O–H groups in total. The summed E-state index contributed by atoms with van der Waals surface area (Å²) in [5.74, 6) is 0. The van der Waals surface area contributed by atoms with Crippen LogP contribution in [-0.4, -0.2) is 40.5 Å². The number of rotatable bonds is 4. The van der Waals surface area contributed by atoms with Crippen LogP contribution in [0.3, 0.4) is 0 Å². The molecule has 0 spiro atoms. The molecule has 0 radical (unpaired) electrons. The molecule has 1 saturated heterocycles. The highest BCUT2D eigenvalue weighted by Gasteiger charge is 2.38. The molecule has 1 aliphatic rings. The number of urea groups is 1. The first-order chi connectivity index (χ1) is 9.91. The van der Waals surface area contributed by atoms with Crippen LogP contribution in [0.2, 0.25) is 0 Å². The quantitative estimate of drug-likeness (QED) is 0.789. The SMILES string of the molecule is CC(C)N1C[C@@H](/C=C/c2ccccc2Br)N(C(C)C)C1=O. The molecule has 3 nitrogen and oxygen atoms in total. The van der Waals surface area contributed by atoms with Crippen LogP contribution in [0, 0.1) is 0 Å². The molecule has 21 heavy (non-hydrogen) atoms.